The van der Waals surface area contributed by atoms with Gasteiger partial charge in [0.1, 0.15) is 5.75 Å². The number of rotatable bonds is 5. The summed E-state index contributed by atoms with van der Waals surface area (Å²) in [7, 11) is 0. The highest BCUT2D eigenvalue weighted by Crippen LogP contribution is 2.23. The van der Waals surface area contributed by atoms with E-state index < -0.39 is 0 Å². The van der Waals surface area contributed by atoms with E-state index in [1.165, 1.54) is 0 Å². The van der Waals surface area contributed by atoms with E-state index >= 15 is 0 Å². The summed E-state index contributed by atoms with van der Waals surface area (Å²) in [6.07, 6.45) is 0.650. The second-order valence-electron chi connectivity index (χ2n) is 5.31. The molecule has 5 nitrogen and oxygen atoms in total. The predicted octanol–water partition coefficient (Wildman–Crippen LogP) is 4.53. The Morgan fingerprint density at radius 2 is 1.84 bits per heavy atom. The number of carbonyl (C=O) groups excluding carboxylic acids is 1. The second kappa shape index (κ2) is 8.00. The molecule has 0 bridgehead atoms. The topological polar surface area (TPSA) is 74.2 Å². The zero-order valence-corrected chi connectivity index (χ0v) is 14.8. The molecule has 3 aromatic rings. The van der Waals surface area contributed by atoms with Gasteiger partial charge in [-0.15, -0.1) is 11.3 Å². The Balaban J connectivity index is 1.48. The molecule has 1 aromatic heterocycles. The van der Waals surface area contributed by atoms with Crippen molar-refractivity contribution in [2.45, 2.75) is 6.42 Å². The fourth-order valence-corrected chi connectivity index (χ4v) is 3.12. The number of carbonyl (C=O) groups is 1. The molecule has 1 heterocycles. The van der Waals surface area contributed by atoms with E-state index in [0.717, 1.165) is 16.3 Å². The summed E-state index contributed by atoms with van der Waals surface area (Å²) in [6.45, 7) is 0.488. The summed E-state index contributed by atoms with van der Waals surface area (Å²) in [4.78, 5) is 16.4. The first-order valence-electron chi connectivity index (χ1n) is 7.64. The summed E-state index contributed by atoms with van der Waals surface area (Å²) < 4.78 is 0. The van der Waals surface area contributed by atoms with Crippen molar-refractivity contribution in [1.82, 2.24) is 10.3 Å². The standard InChI is InChI=1S/C18H16ClN3O2S/c19-13-3-5-14(6-4-13)21-18(24)20-10-9-17-22-16(11-25-17)12-1-7-15(23)8-2-12/h1-8,11,23H,9-10H2,(H2,20,21,24). The van der Waals surface area contributed by atoms with Crippen molar-refractivity contribution in [2.24, 2.45) is 0 Å². The van der Waals surface area contributed by atoms with Crippen LogP contribution in [0.2, 0.25) is 5.02 Å². The largest absolute Gasteiger partial charge is 0.508 e. The van der Waals surface area contributed by atoms with Gasteiger partial charge >= 0.3 is 6.03 Å². The number of thiazole rings is 1. The molecule has 0 spiro atoms. The van der Waals surface area contributed by atoms with Gasteiger partial charge in [-0.2, -0.15) is 0 Å². The average Bonchev–Trinajstić information content (AvgIpc) is 3.06. The summed E-state index contributed by atoms with van der Waals surface area (Å²) >= 11 is 7.35. The minimum absolute atomic E-state index is 0.232. The molecule has 0 saturated heterocycles. The van der Waals surface area contributed by atoms with Gasteiger partial charge in [-0.3, -0.25) is 0 Å². The molecule has 0 atom stereocenters. The van der Waals surface area contributed by atoms with Crippen LogP contribution in [0.1, 0.15) is 5.01 Å². The molecule has 0 radical (unpaired) electrons. The van der Waals surface area contributed by atoms with Crippen LogP contribution < -0.4 is 10.6 Å². The number of benzene rings is 2. The molecule has 3 rings (SSSR count). The van der Waals surface area contributed by atoms with Gasteiger partial charge in [0.05, 0.1) is 10.7 Å². The number of halogens is 1. The van der Waals surface area contributed by atoms with E-state index in [4.69, 9.17) is 11.6 Å². The third kappa shape index (κ3) is 4.95. The molecular formula is C18H16ClN3O2S. The fourth-order valence-electron chi connectivity index (χ4n) is 2.18. The van der Waals surface area contributed by atoms with Gasteiger partial charge in [-0.25, -0.2) is 9.78 Å². The lowest BCUT2D eigenvalue weighted by Crippen LogP contribution is -2.30. The Labute approximate surface area is 154 Å². The Bertz CT molecular complexity index is 848. The van der Waals surface area contributed by atoms with Crippen molar-refractivity contribution >= 4 is 34.7 Å². The molecule has 0 aliphatic rings. The highest BCUT2D eigenvalue weighted by Gasteiger charge is 2.06. The van der Waals surface area contributed by atoms with Crippen molar-refractivity contribution in [3.63, 3.8) is 0 Å². The summed E-state index contributed by atoms with van der Waals surface area (Å²) in [5.41, 5.74) is 2.50. The highest BCUT2D eigenvalue weighted by atomic mass is 35.5. The highest BCUT2D eigenvalue weighted by molar-refractivity contribution is 7.09. The zero-order valence-electron chi connectivity index (χ0n) is 13.2. The number of phenols is 1. The Morgan fingerprint density at radius 1 is 1.12 bits per heavy atom. The van der Waals surface area contributed by atoms with Crippen LogP contribution >= 0.6 is 22.9 Å². The van der Waals surface area contributed by atoms with E-state index in [1.807, 2.05) is 17.5 Å². The normalized spacial score (nSPS) is 10.4. The van der Waals surface area contributed by atoms with Crippen molar-refractivity contribution < 1.29 is 9.90 Å². The first-order valence-corrected chi connectivity index (χ1v) is 8.90. The molecule has 3 N–H and O–H groups in total. The number of anilines is 1. The second-order valence-corrected chi connectivity index (χ2v) is 6.69. The lowest BCUT2D eigenvalue weighted by atomic mass is 10.2. The van der Waals surface area contributed by atoms with Gasteiger partial charge in [0, 0.05) is 34.6 Å². The predicted molar refractivity (Wildman–Crippen MR) is 101 cm³/mol. The van der Waals surface area contributed by atoms with Crippen LogP contribution in [0.25, 0.3) is 11.3 Å². The molecule has 128 valence electrons. The third-order valence-corrected chi connectivity index (χ3v) is 4.60. The van der Waals surface area contributed by atoms with Gasteiger partial charge in [0.2, 0.25) is 0 Å². The number of amides is 2. The summed E-state index contributed by atoms with van der Waals surface area (Å²) in [5.74, 6) is 0.232. The monoisotopic (exact) mass is 373 g/mol. The van der Waals surface area contributed by atoms with Gasteiger partial charge in [-0.1, -0.05) is 11.6 Å². The number of aromatic hydroxyl groups is 1. The van der Waals surface area contributed by atoms with Crippen molar-refractivity contribution in [2.75, 3.05) is 11.9 Å². The molecule has 25 heavy (non-hydrogen) atoms. The Kier molecular flexibility index (Phi) is 5.53. The van der Waals surface area contributed by atoms with Crippen LogP contribution in [0.5, 0.6) is 5.75 Å². The van der Waals surface area contributed by atoms with E-state index in [1.54, 1.807) is 47.7 Å². The quantitative estimate of drug-likeness (QED) is 0.615. The summed E-state index contributed by atoms with van der Waals surface area (Å²) in [5, 5.41) is 18.4. The minimum Gasteiger partial charge on any atom is -0.508 e. The maximum Gasteiger partial charge on any atom is 0.319 e. The molecule has 0 aliphatic carbocycles. The van der Waals surface area contributed by atoms with Crippen LogP contribution in [-0.2, 0) is 6.42 Å². The molecule has 0 aliphatic heterocycles. The van der Waals surface area contributed by atoms with Crippen LogP contribution in [0.15, 0.2) is 53.9 Å². The van der Waals surface area contributed by atoms with E-state index in [9.17, 15) is 9.90 Å². The summed E-state index contributed by atoms with van der Waals surface area (Å²) in [6, 6.07) is 13.6. The first-order chi connectivity index (χ1) is 12.1. The maximum atomic E-state index is 11.9. The van der Waals surface area contributed by atoms with E-state index in [0.29, 0.717) is 23.7 Å². The van der Waals surface area contributed by atoms with Crippen molar-refractivity contribution in [3.8, 4) is 17.0 Å². The number of nitrogens with one attached hydrogen (secondary N) is 2. The van der Waals surface area contributed by atoms with Crippen LogP contribution in [0.4, 0.5) is 10.5 Å². The van der Waals surface area contributed by atoms with Crippen molar-refractivity contribution in [3.05, 3.63) is 63.9 Å². The molecule has 0 unspecified atom stereocenters. The lowest BCUT2D eigenvalue weighted by Gasteiger charge is -2.06. The van der Waals surface area contributed by atoms with Gasteiger partial charge < -0.3 is 15.7 Å². The smallest absolute Gasteiger partial charge is 0.319 e. The molecule has 2 aromatic carbocycles. The fraction of sp³-hybridized carbons (Fsp3) is 0.111. The van der Waals surface area contributed by atoms with Gasteiger partial charge in [0.25, 0.3) is 0 Å². The Hall–Kier alpha value is -2.57. The molecule has 2 amide bonds. The average molecular weight is 374 g/mol. The number of phenolic OH excluding ortho intramolecular Hbond substituents is 1. The first kappa shape index (κ1) is 17.3. The van der Waals surface area contributed by atoms with Gasteiger partial charge in [0.15, 0.2) is 0 Å². The van der Waals surface area contributed by atoms with E-state index in [2.05, 4.69) is 15.6 Å². The number of urea groups is 1. The minimum atomic E-state index is -0.266. The van der Waals surface area contributed by atoms with Crippen LogP contribution in [-0.4, -0.2) is 22.7 Å². The number of hydrogen-bond donors (Lipinski definition) is 3. The number of aromatic nitrogens is 1. The molecule has 7 heteroatoms. The Morgan fingerprint density at radius 3 is 2.56 bits per heavy atom. The van der Waals surface area contributed by atoms with Crippen LogP contribution in [0.3, 0.4) is 0 Å². The lowest BCUT2D eigenvalue weighted by molar-refractivity contribution is 0.252. The molecule has 0 fully saturated rings. The molecular weight excluding hydrogens is 358 g/mol. The SMILES string of the molecule is O=C(NCCc1nc(-c2ccc(O)cc2)cs1)Nc1ccc(Cl)cc1. The van der Waals surface area contributed by atoms with E-state index in [-0.39, 0.29) is 11.8 Å². The molecule has 0 saturated carbocycles. The van der Waals surface area contributed by atoms with Crippen LogP contribution in [0, 0.1) is 0 Å². The number of nitrogens with zero attached hydrogens (tertiary/aromatic N) is 1. The maximum absolute atomic E-state index is 11.9. The number of hydrogen-bond acceptors (Lipinski definition) is 4. The zero-order chi connectivity index (χ0) is 17.6. The van der Waals surface area contributed by atoms with Crippen molar-refractivity contribution in [1.29, 1.82) is 0 Å². The van der Waals surface area contributed by atoms with Gasteiger partial charge in [-0.05, 0) is 48.5 Å². The third-order valence-electron chi connectivity index (χ3n) is 3.44.